The Kier molecular flexibility index (Phi) is 4.82. The molecule has 3 aliphatic heterocycles. The predicted molar refractivity (Wildman–Crippen MR) is 115 cm³/mol. The minimum atomic E-state index is -0.292. The fourth-order valence-electron chi connectivity index (χ4n) is 5.18. The van der Waals surface area contributed by atoms with Crippen LogP contribution in [0.4, 0.5) is 4.79 Å². The van der Waals surface area contributed by atoms with Gasteiger partial charge in [0.25, 0.3) is 0 Å². The highest BCUT2D eigenvalue weighted by molar-refractivity contribution is 7.20. The summed E-state index contributed by atoms with van der Waals surface area (Å²) in [5.74, 6) is -0.292. The van der Waals surface area contributed by atoms with Crippen molar-refractivity contribution in [1.82, 2.24) is 9.80 Å². The molecule has 2 aromatic rings. The largest absolute Gasteiger partial charge is 0.466 e. The average molecular weight is 411 g/mol. The van der Waals surface area contributed by atoms with Crippen LogP contribution in [0.15, 0.2) is 35.9 Å². The lowest BCUT2D eigenvalue weighted by Crippen LogP contribution is -2.53. The van der Waals surface area contributed by atoms with Crippen molar-refractivity contribution < 1.29 is 14.3 Å². The van der Waals surface area contributed by atoms with Gasteiger partial charge in [-0.05, 0) is 61.6 Å². The van der Waals surface area contributed by atoms with Gasteiger partial charge in [0.15, 0.2) is 0 Å². The third kappa shape index (κ3) is 3.14. The van der Waals surface area contributed by atoms with Crippen LogP contribution in [0.1, 0.15) is 43.4 Å². The molecule has 29 heavy (non-hydrogen) atoms. The Morgan fingerprint density at radius 1 is 1.10 bits per heavy atom. The standard InChI is InChI=1S/C23H26N2O3S/c1-28-22(26)21-17(20-13-15-7-3-4-8-19(15)29-20)14-16-9-10-18(21)25(16)23(27)24-11-5-2-6-12-24/h3-4,7-8,13,16,18H,2,5-6,9-12,14H2,1H3/t16-,18+/m0/s1. The maximum Gasteiger partial charge on any atom is 0.336 e. The van der Waals surface area contributed by atoms with Gasteiger partial charge >= 0.3 is 12.0 Å². The Morgan fingerprint density at radius 3 is 2.66 bits per heavy atom. The Balaban J connectivity index is 1.55. The normalized spacial score (nSPS) is 24.3. The Bertz CT molecular complexity index is 956. The van der Waals surface area contributed by atoms with Crippen molar-refractivity contribution in [2.75, 3.05) is 20.2 Å². The van der Waals surface area contributed by atoms with E-state index >= 15 is 0 Å². The van der Waals surface area contributed by atoms with Gasteiger partial charge in [-0.25, -0.2) is 9.59 Å². The number of ether oxygens (including phenoxy) is 1. The molecule has 0 saturated carbocycles. The highest BCUT2D eigenvalue weighted by Gasteiger charge is 2.48. The van der Waals surface area contributed by atoms with Crippen molar-refractivity contribution in [2.24, 2.45) is 0 Å². The first-order valence-corrected chi connectivity index (χ1v) is 11.4. The monoisotopic (exact) mass is 410 g/mol. The van der Waals surface area contributed by atoms with Crippen LogP contribution in [0.5, 0.6) is 0 Å². The van der Waals surface area contributed by atoms with Crippen LogP contribution in [-0.2, 0) is 9.53 Å². The summed E-state index contributed by atoms with van der Waals surface area (Å²) in [7, 11) is 1.44. The third-order valence-corrected chi connectivity index (χ3v) is 7.75. The van der Waals surface area contributed by atoms with Crippen LogP contribution in [0, 0.1) is 0 Å². The van der Waals surface area contributed by atoms with Crippen molar-refractivity contribution in [2.45, 2.75) is 50.6 Å². The van der Waals surface area contributed by atoms with Gasteiger partial charge in [-0.15, -0.1) is 11.3 Å². The highest BCUT2D eigenvalue weighted by atomic mass is 32.1. The first kappa shape index (κ1) is 18.7. The summed E-state index contributed by atoms with van der Waals surface area (Å²) in [5.41, 5.74) is 1.77. The molecule has 0 spiro atoms. The van der Waals surface area contributed by atoms with Crippen molar-refractivity contribution in [3.63, 3.8) is 0 Å². The van der Waals surface area contributed by atoms with Crippen molar-refractivity contribution >= 4 is 39.0 Å². The van der Waals surface area contributed by atoms with E-state index in [4.69, 9.17) is 4.74 Å². The van der Waals surface area contributed by atoms with Gasteiger partial charge in [0.1, 0.15) is 0 Å². The predicted octanol–water partition coefficient (Wildman–Crippen LogP) is 4.67. The lowest BCUT2D eigenvalue weighted by atomic mass is 9.92. The number of fused-ring (bicyclic) bond motifs is 3. The quantitative estimate of drug-likeness (QED) is 0.676. The zero-order chi connectivity index (χ0) is 20.0. The van der Waals surface area contributed by atoms with E-state index in [1.807, 2.05) is 21.9 Å². The molecule has 1 aromatic carbocycles. The second kappa shape index (κ2) is 7.48. The summed E-state index contributed by atoms with van der Waals surface area (Å²) in [4.78, 5) is 31.3. The van der Waals surface area contributed by atoms with E-state index < -0.39 is 0 Å². The molecule has 2 amide bonds. The molecule has 2 atom stereocenters. The second-order valence-electron chi connectivity index (χ2n) is 8.22. The van der Waals surface area contributed by atoms with E-state index in [1.165, 1.54) is 23.6 Å². The molecular weight excluding hydrogens is 384 g/mol. The van der Waals surface area contributed by atoms with Gasteiger partial charge in [-0.2, -0.15) is 0 Å². The van der Waals surface area contributed by atoms with Crippen molar-refractivity contribution in [1.29, 1.82) is 0 Å². The summed E-state index contributed by atoms with van der Waals surface area (Å²) in [6, 6.07) is 10.6. The van der Waals surface area contributed by atoms with Crippen molar-refractivity contribution in [3.8, 4) is 0 Å². The molecule has 3 aliphatic rings. The highest BCUT2D eigenvalue weighted by Crippen LogP contribution is 2.46. The van der Waals surface area contributed by atoms with Gasteiger partial charge in [0, 0.05) is 28.7 Å². The molecule has 152 valence electrons. The lowest BCUT2D eigenvalue weighted by Gasteiger charge is -2.40. The number of carbonyl (C=O) groups excluding carboxylic acids is 2. The number of rotatable bonds is 2. The van der Waals surface area contributed by atoms with Crippen LogP contribution in [0.2, 0.25) is 0 Å². The van der Waals surface area contributed by atoms with Gasteiger partial charge in [0.2, 0.25) is 0 Å². The summed E-state index contributed by atoms with van der Waals surface area (Å²) >= 11 is 1.73. The summed E-state index contributed by atoms with van der Waals surface area (Å²) < 4.78 is 6.42. The molecule has 0 aliphatic carbocycles. The molecule has 1 aromatic heterocycles. The van der Waals surface area contributed by atoms with Gasteiger partial charge in [0.05, 0.1) is 18.7 Å². The first-order valence-electron chi connectivity index (χ1n) is 10.5. The topological polar surface area (TPSA) is 49.9 Å². The van der Waals surface area contributed by atoms with E-state index in [9.17, 15) is 9.59 Å². The van der Waals surface area contributed by atoms with Crippen LogP contribution in [0.3, 0.4) is 0 Å². The molecule has 0 N–H and O–H groups in total. The molecule has 0 radical (unpaired) electrons. The molecule has 5 rings (SSSR count). The number of benzene rings is 1. The average Bonchev–Trinajstić information content (AvgIpc) is 3.33. The molecular formula is C23H26N2O3S. The Hall–Kier alpha value is -2.34. The van der Waals surface area contributed by atoms with Gasteiger partial charge < -0.3 is 14.5 Å². The maximum absolute atomic E-state index is 13.3. The number of hydrogen-bond acceptors (Lipinski definition) is 4. The summed E-state index contributed by atoms with van der Waals surface area (Å²) in [6.07, 6.45) is 5.85. The number of methoxy groups -OCH3 is 1. The lowest BCUT2D eigenvalue weighted by molar-refractivity contribution is -0.136. The number of nitrogens with zero attached hydrogens (tertiary/aromatic N) is 2. The zero-order valence-electron chi connectivity index (χ0n) is 16.7. The molecule has 6 heteroatoms. The minimum absolute atomic E-state index is 0.106. The van der Waals surface area contributed by atoms with Crippen molar-refractivity contribution in [3.05, 3.63) is 40.8 Å². The van der Waals surface area contributed by atoms with Crippen LogP contribution < -0.4 is 0 Å². The van der Waals surface area contributed by atoms with E-state index in [1.54, 1.807) is 11.3 Å². The number of esters is 1. The van der Waals surface area contributed by atoms with Gasteiger partial charge in [-0.3, -0.25) is 0 Å². The number of thiophene rings is 1. The second-order valence-corrected chi connectivity index (χ2v) is 9.30. The SMILES string of the molecule is COC(=O)C1=C(c2cc3ccccc3s2)C[C@@H]2CC[C@H]1N2C(=O)N1CCCCC1. The van der Waals surface area contributed by atoms with Crippen LogP contribution in [0.25, 0.3) is 15.7 Å². The molecule has 0 unspecified atom stereocenters. The Labute approximate surface area is 174 Å². The molecule has 2 bridgehead atoms. The fraction of sp³-hybridized carbons (Fsp3) is 0.478. The summed E-state index contributed by atoms with van der Waals surface area (Å²) in [5, 5.41) is 1.20. The number of hydrogen-bond donors (Lipinski definition) is 0. The van der Waals surface area contributed by atoms with E-state index in [0.29, 0.717) is 5.57 Å². The van der Waals surface area contributed by atoms with E-state index in [0.717, 1.165) is 55.6 Å². The smallest absolute Gasteiger partial charge is 0.336 e. The number of urea groups is 1. The third-order valence-electron chi connectivity index (χ3n) is 6.58. The number of piperidine rings is 1. The van der Waals surface area contributed by atoms with Crippen LogP contribution >= 0.6 is 11.3 Å². The minimum Gasteiger partial charge on any atom is -0.466 e. The summed E-state index contributed by atoms with van der Waals surface area (Å²) in [6.45, 7) is 1.66. The number of amides is 2. The maximum atomic E-state index is 13.3. The van der Waals surface area contributed by atoms with Gasteiger partial charge in [-0.1, -0.05) is 18.2 Å². The molecule has 2 fully saturated rings. The Morgan fingerprint density at radius 2 is 1.90 bits per heavy atom. The van der Waals surface area contributed by atoms with E-state index in [-0.39, 0.29) is 24.1 Å². The number of carbonyl (C=O) groups is 2. The van der Waals surface area contributed by atoms with E-state index in [2.05, 4.69) is 18.2 Å². The first-order chi connectivity index (χ1) is 14.2. The molecule has 2 saturated heterocycles. The fourth-order valence-corrected chi connectivity index (χ4v) is 6.32. The molecule has 5 nitrogen and oxygen atoms in total. The molecule has 4 heterocycles. The number of likely N-dealkylation sites (tertiary alicyclic amines) is 1. The van der Waals surface area contributed by atoms with Crippen LogP contribution in [-0.4, -0.2) is 54.1 Å². The zero-order valence-corrected chi connectivity index (χ0v) is 17.5.